The number of phenols is 1. The molecule has 4 N–H and O–H groups in total. The summed E-state index contributed by atoms with van der Waals surface area (Å²) in [5.41, 5.74) is 0.885. The quantitative estimate of drug-likeness (QED) is 0.348. The van der Waals surface area contributed by atoms with Crippen LogP contribution in [0.3, 0.4) is 0 Å². The topological polar surface area (TPSA) is 147 Å². The van der Waals surface area contributed by atoms with Gasteiger partial charge >= 0.3 is 6.09 Å². The molecule has 2 atom stereocenters. The molecule has 1 aromatic carbocycles. The van der Waals surface area contributed by atoms with E-state index in [-0.39, 0.29) is 35.7 Å². The Morgan fingerprint density at radius 3 is 2.76 bits per heavy atom. The molecule has 3 rings (SSSR count). The van der Waals surface area contributed by atoms with Gasteiger partial charge in [-0.25, -0.2) is 4.79 Å². The third-order valence-corrected chi connectivity index (χ3v) is 5.70. The molecule has 2 amide bonds. The number of ether oxygens (including phenoxy) is 3. The summed E-state index contributed by atoms with van der Waals surface area (Å²) in [5, 5.41) is 23.0. The predicted octanol–water partition coefficient (Wildman–Crippen LogP) is 4.13. The Labute approximate surface area is 217 Å². The van der Waals surface area contributed by atoms with Crippen molar-refractivity contribution in [3.8, 4) is 17.2 Å². The van der Waals surface area contributed by atoms with E-state index in [0.29, 0.717) is 30.1 Å². The number of benzene rings is 1. The number of rotatable bonds is 10. The number of alkyl carbamates (subject to hydrolysis) is 1. The van der Waals surface area contributed by atoms with Crippen molar-refractivity contribution in [3.63, 3.8) is 0 Å². The monoisotopic (exact) mass is 515 g/mol. The number of amides is 2. The van der Waals surface area contributed by atoms with E-state index >= 15 is 0 Å². The maximum Gasteiger partial charge on any atom is 0.407 e. The molecule has 0 radical (unpaired) electrons. The largest absolute Gasteiger partial charge is 0.507 e. The zero-order valence-corrected chi connectivity index (χ0v) is 22.1. The van der Waals surface area contributed by atoms with Crippen LogP contribution in [0, 0.1) is 0 Å². The van der Waals surface area contributed by atoms with Gasteiger partial charge in [0.05, 0.1) is 12.7 Å². The highest BCUT2D eigenvalue weighted by molar-refractivity contribution is 5.92. The number of nitrogens with one attached hydrogen (secondary N) is 3. The number of H-pyrrole nitrogens is 1. The number of aromatic hydroxyl groups is 1. The first kappa shape index (κ1) is 27.8. The molecule has 11 nitrogen and oxygen atoms in total. The number of carbonyl (C=O) groups excluding carboxylic acids is 2. The summed E-state index contributed by atoms with van der Waals surface area (Å²) in [4.78, 5) is 28.8. The zero-order valence-electron chi connectivity index (χ0n) is 22.1. The number of carbonyl (C=O) groups is 2. The standard InChI is InChI=1S/C26H37N5O6/c1-6-9-27-14-19-21(32)11-18(35-5)12-22(19)36-15-24(33)28-23-13-20(30-31-23)16-7-8-17(10-16)37-25(34)29-26(2,3)4/h11-14,16-17,32H,6-10,15H2,1-5H3,(H,29,34)(H2,28,30,31,33)/t16-,17+/m0/s1. The van der Waals surface area contributed by atoms with Crippen LogP contribution < -0.4 is 20.1 Å². The zero-order chi connectivity index (χ0) is 27.0. The number of phenolic OH excluding ortho intramolecular Hbond substituents is 1. The van der Waals surface area contributed by atoms with E-state index in [0.717, 1.165) is 25.0 Å². The highest BCUT2D eigenvalue weighted by Crippen LogP contribution is 2.36. The minimum absolute atomic E-state index is 0.0544. The van der Waals surface area contributed by atoms with E-state index in [1.54, 1.807) is 12.1 Å². The van der Waals surface area contributed by atoms with Crippen molar-refractivity contribution in [2.24, 2.45) is 4.99 Å². The van der Waals surface area contributed by atoms with Gasteiger partial charge in [0, 0.05) is 48.1 Å². The molecule has 0 spiro atoms. The summed E-state index contributed by atoms with van der Waals surface area (Å²) in [7, 11) is 1.48. The summed E-state index contributed by atoms with van der Waals surface area (Å²) >= 11 is 0. The third kappa shape index (κ3) is 8.40. The van der Waals surface area contributed by atoms with Gasteiger partial charge in [0.25, 0.3) is 5.91 Å². The SMILES string of the molecule is CCCN=Cc1c(O)cc(OC)cc1OCC(=O)Nc1cc([C@H]2CC[C@@H](OC(=O)NC(C)(C)C)C2)[nH]n1. The van der Waals surface area contributed by atoms with Crippen LogP contribution in [0.4, 0.5) is 10.6 Å². The Balaban J connectivity index is 1.54. The molecular formula is C26H37N5O6. The molecule has 1 saturated carbocycles. The van der Waals surface area contributed by atoms with Crippen LogP contribution in [-0.2, 0) is 9.53 Å². The van der Waals surface area contributed by atoms with Gasteiger partial charge in [-0.15, -0.1) is 0 Å². The van der Waals surface area contributed by atoms with Gasteiger partial charge in [-0.05, 0) is 46.5 Å². The second-order valence-corrected chi connectivity index (χ2v) is 10.1. The first-order valence-corrected chi connectivity index (χ1v) is 12.5. The number of hydrogen-bond acceptors (Lipinski definition) is 8. The fraction of sp³-hybridized carbons (Fsp3) is 0.538. The van der Waals surface area contributed by atoms with Crippen LogP contribution in [0.2, 0.25) is 0 Å². The Bertz CT molecular complexity index is 1110. The molecule has 0 unspecified atom stereocenters. The van der Waals surface area contributed by atoms with Crippen LogP contribution in [0.1, 0.15) is 70.6 Å². The van der Waals surface area contributed by atoms with Crippen molar-refractivity contribution in [3.05, 3.63) is 29.5 Å². The second kappa shape index (κ2) is 12.5. The lowest BCUT2D eigenvalue weighted by Gasteiger charge is -2.22. The van der Waals surface area contributed by atoms with Gasteiger partial charge in [-0.2, -0.15) is 5.10 Å². The van der Waals surface area contributed by atoms with Gasteiger partial charge in [-0.3, -0.25) is 14.9 Å². The van der Waals surface area contributed by atoms with Crippen LogP contribution in [0.25, 0.3) is 0 Å². The molecule has 0 aliphatic heterocycles. The molecule has 2 aromatic rings. The van der Waals surface area contributed by atoms with Gasteiger partial charge in [0.1, 0.15) is 23.4 Å². The van der Waals surface area contributed by atoms with E-state index in [2.05, 4.69) is 25.8 Å². The first-order chi connectivity index (χ1) is 17.6. The molecule has 1 aromatic heterocycles. The molecular weight excluding hydrogens is 478 g/mol. The van der Waals surface area contributed by atoms with Crippen LogP contribution in [-0.4, -0.2) is 65.4 Å². The van der Waals surface area contributed by atoms with Gasteiger partial charge < -0.3 is 30.0 Å². The van der Waals surface area contributed by atoms with Gasteiger partial charge in [0.2, 0.25) is 0 Å². The Kier molecular flexibility index (Phi) is 9.37. The summed E-state index contributed by atoms with van der Waals surface area (Å²) < 4.78 is 16.4. The summed E-state index contributed by atoms with van der Waals surface area (Å²) in [6, 6.07) is 4.83. The Morgan fingerprint density at radius 1 is 1.27 bits per heavy atom. The number of hydrogen-bond donors (Lipinski definition) is 4. The highest BCUT2D eigenvalue weighted by Gasteiger charge is 2.30. The molecule has 1 aliphatic rings. The lowest BCUT2D eigenvalue weighted by Crippen LogP contribution is -2.42. The lowest BCUT2D eigenvalue weighted by atomic mass is 10.0. The van der Waals surface area contributed by atoms with E-state index in [1.807, 2.05) is 27.7 Å². The van der Waals surface area contributed by atoms with Crippen LogP contribution >= 0.6 is 0 Å². The van der Waals surface area contributed by atoms with Crippen LogP contribution in [0.5, 0.6) is 17.2 Å². The molecule has 0 saturated heterocycles. The normalized spacial score (nSPS) is 17.5. The predicted molar refractivity (Wildman–Crippen MR) is 140 cm³/mol. The molecule has 11 heteroatoms. The smallest absolute Gasteiger partial charge is 0.407 e. The van der Waals surface area contributed by atoms with E-state index in [9.17, 15) is 14.7 Å². The molecule has 37 heavy (non-hydrogen) atoms. The van der Waals surface area contributed by atoms with Crippen molar-refractivity contribution < 1.29 is 28.9 Å². The second-order valence-electron chi connectivity index (χ2n) is 10.1. The van der Waals surface area contributed by atoms with Crippen molar-refractivity contribution in [1.82, 2.24) is 15.5 Å². The number of nitrogens with zero attached hydrogens (tertiary/aromatic N) is 2. The maximum absolute atomic E-state index is 12.5. The summed E-state index contributed by atoms with van der Waals surface area (Å²) in [6.45, 7) is 8.00. The third-order valence-electron chi connectivity index (χ3n) is 5.70. The molecule has 1 fully saturated rings. The minimum atomic E-state index is -0.417. The Hall–Kier alpha value is -3.76. The molecule has 202 valence electrons. The number of methoxy groups -OCH3 is 1. The minimum Gasteiger partial charge on any atom is -0.507 e. The highest BCUT2D eigenvalue weighted by atomic mass is 16.6. The van der Waals surface area contributed by atoms with Crippen molar-refractivity contribution in [1.29, 1.82) is 0 Å². The maximum atomic E-state index is 12.5. The number of aliphatic imine (C=N–C) groups is 1. The fourth-order valence-electron chi connectivity index (χ4n) is 3.99. The first-order valence-electron chi connectivity index (χ1n) is 12.5. The van der Waals surface area contributed by atoms with Crippen molar-refractivity contribution >= 4 is 24.0 Å². The average Bonchev–Trinajstić information content (AvgIpc) is 3.47. The van der Waals surface area contributed by atoms with E-state index < -0.39 is 12.0 Å². The average molecular weight is 516 g/mol. The molecule has 0 bridgehead atoms. The number of aromatic amines is 1. The number of anilines is 1. The summed E-state index contributed by atoms with van der Waals surface area (Å²) in [5.74, 6) is 0.724. The lowest BCUT2D eigenvalue weighted by molar-refractivity contribution is -0.118. The van der Waals surface area contributed by atoms with Gasteiger partial charge in [0.15, 0.2) is 12.4 Å². The molecule has 1 aliphatic carbocycles. The Morgan fingerprint density at radius 2 is 2.05 bits per heavy atom. The van der Waals surface area contributed by atoms with Gasteiger partial charge in [-0.1, -0.05) is 6.92 Å². The van der Waals surface area contributed by atoms with Crippen molar-refractivity contribution in [2.45, 2.75) is 70.9 Å². The number of aromatic nitrogens is 2. The molecule has 1 heterocycles. The van der Waals surface area contributed by atoms with E-state index in [4.69, 9.17) is 14.2 Å². The van der Waals surface area contributed by atoms with Crippen LogP contribution in [0.15, 0.2) is 23.2 Å². The summed E-state index contributed by atoms with van der Waals surface area (Å²) in [6.07, 6.45) is 4.08. The van der Waals surface area contributed by atoms with E-state index in [1.165, 1.54) is 19.4 Å². The fourth-order valence-corrected chi connectivity index (χ4v) is 3.99. The van der Waals surface area contributed by atoms with Crippen molar-refractivity contribution in [2.75, 3.05) is 25.6 Å².